The smallest absolute Gasteiger partial charge is 0.0220 e. The lowest BCUT2D eigenvalue weighted by Crippen LogP contribution is -2.42. The number of hydrogen-bond donors (Lipinski definition) is 1. The third kappa shape index (κ3) is 5.12. The maximum Gasteiger partial charge on any atom is 0.0220 e. The zero-order valence-electron chi connectivity index (χ0n) is 12.8. The Kier molecular flexibility index (Phi) is 6.91. The number of thioether (sulfide) groups is 1. The van der Waals surface area contributed by atoms with E-state index >= 15 is 0 Å². The molecule has 0 aliphatic carbocycles. The summed E-state index contributed by atoms with van der Waals surface area (Å²) in [5.41, 5.74) is 0. The van der Waals surface area contributed by atoms with Crippen molar-refractivity contribution in [1.82, 2.24) is 10.2 Å². The summed E-state index contributed by atoms with van der Waals surface area (Å²) in [6.07, 6.45) is 2.55. The molecular formula is C17H28N2S. The molecule has 1 aromatic carbocycles. The largest absolute Gasteiger partial charge is 0.312 e. The maximum atomic E-state index is 3.72. The minimum Gasteiger partial charge on any atom is -0.312 e. The SMILES string of the molecule is CCC(C)C1CN(CCSc2ccccc2)CCCN1. The van der Waals surface area contributed by atoms with Crippen molar-refractivity contribution in [2.45, 2.75) is 37.6 Å². The van der Waals surface area contributed by atoms with Crippen LogP contribution in [0.1, 0.15) is 26.7 Å². The fraction of sp³-hybridized carbons (Fsp3) is 0.647. The van der Waals surface area contributed by atoms with E-state index in [-0.39, 0.29) is 0 Å². The molecule has 0 bridgehead atoms. The van der Waals surface area contributed by atoms with Gasteiger partial charge in [-0.3, -0.25) is 0 Å². The average Bonchev–Trinajstić information content (AvgIpc) is 2.73. The Bertz CT molecular complexity index is 369. The minimum atomic E-state index is 0.671. The molecule has 2 atom stereocenters. The van der Waals surface area contributed by atoms with E-state index in [2.05, 4.69) is 54.4 Å². The lowest BCUT2D eigenvalue weighted by atomic mass is 9.99. The zero-order chi connectivity index (χ0) is 14.2. The van der Waals surface area contributed by atoms with Gasteiger partial charge in [0.25, 0.3) is 0 Å². The second kappa shape index (κ2) is 8.71. The highest BCUT2D eigenvalue weighted by Gasteiger charge is 2.21. The molecule has 0 radical (unpaired) electrons. The first-order chi connectivity index (χ1) is 9.79. The Balaban J connectivity index is 1.76. The zero-order valence-corrected chi connectivity index (χ0v) is 13.7. The Morgan fingerprint density at radius 3 is 2.90 bits per heavy atom. The molecule has 2 unspecified atom stereocenters. The van der Waals surface area contributed by atoms with Crippen LogP contribution in [0.5, 0.6) is 0 Å². The molecule has 1 fully saturated rings. The van der Waals surface area contributed by atoms with Crippen molar-refractivity contribution in [3.05, 3.63) is 30.3 Å². The van der Waals surface area contributed by atoms with E-state index < -0.39 is 0 Å². The molecule has 0 amide bonds. The Hall–Kier alpha value is -0.510. The van der Waals surface area contributed by atoms with Crippen LogP contribution in [0.25, 0.3) is 0 Å². The highest BCUT2D eigenvalue weighted by molar-refractivity contribution is 7.99. The summed E-state index contributed by atoms with van der Waals surface area (Å²) in [7, 11) is 0. The molecule has 0 saturated carbocycles. The second-order valence-electron chi connectivity index (χ2n) is 5.76. The molecule has 1 aliphatic rings. The molecule has 2 rings (SSSR count). The van der Waals surface area contributed by atoms with Gasteiger partial charge in [0.1, 0.15) is 0 Å². The number of nitrogens with one attached hydrogen (secondary N) is 1. The fourth-order valence-corrected chi connectivity index (χ4v) is 3.64. The van der Waals surface area contributed by atoms with Crippen LogP contribution in [0.2, 0.25) is 0 Å². The number of nitrogens with zero attached hydrogens (tertiary/aromatic N) is 1. The Morgan fingerprint density at radius 2 is 2.15 bits per heavy atom. The topological polar surface area (TPSA) is 15.3 Å². The fourth-order valence-electron chi connectivity index (χ4n) is 2.70. The summed E-state index contributed by atoms with van der Waals surface area (Å²) in [6.45, 7) is 9.51. The molecule has 1 N–H and O–H groups in total. The van der Waals surface area contributed by atoms with Crippen LogP contribution in [0.4, 0.5) is 0 Å². The lowest BCUT2D eigenvalue weighted by Gasteiger charge is -2.27. The first-order valence-electron chi connectivity index (χ1n) is 7.93. The quantitative estimate of drug-likeness (QED) is 0.808. The van der Waals surface area contributed by atoms with Crippen molar-refractivity contribution in [1.29, 1.82) is 0 Å². The van der Waals surface area contributed by atoms with Crippen molar-refractivity contribution >= 4 is 11.8 Å². The van der Waals surface area contributed by atoms with E-state index in [1.54, 1.807) is 0 Å². The average molecular weight is 292 g/mol. The summed E-state index contributed by atoms with van der Waals surface area (Å²) in [5, 5.41) is 3.72. The molecule has 112 valence electrons. The number of hydrogen-bond acceptors (Lipinski definition) is 3. The van der Waals surface area contributed by atoms with Gasteiger partial charge in [-0.1, -0.05) is 38.5 Å². The van der Waals surface area contributed by atoms with E-state index in [1.165, 1.54) is 49.7 Å². The van der Waals surface area contributed by atoms with Gasteiger partial charge in [0.15, 0.2) is 0 Å². The summed E-state index contributed by atoms with van der Waals surface area (Å²) in [5.74, 6) is 1.97. The van der Waals surface area contributed by atoms with Crippen LogP contribution in [0.3, 0.4) is 0 Å². The van der Waals surface area contributed by atoms with Gasteiger partial charge in [0, 0.05) is 29.8 Å². The van der Waals surface area contributed by atoms with E-state index in [1.807, 2.05) is 11.8 Å². The van der Waals surface area contributed by atoms with Crippen LogP contribution < -0.4 is 5.32 Å². The van der Waals surface area contributed by atoms with Crippen molar-refractivity contribution < 1.29 is 0 Å². The van der Waals surface area contributed by atoms with E-state index in [4.69, 9.17) is 0 Å². The third-order valence-electron chi connectivity index (χ3n) is 4.26. The number of rotatable bonds is 6. The molecule has 0 aromatic heterocycles. The van der Waals surface area contributed by atoms with E-state index in [0.717, 1.165) is 5.92 Å². The molecule has 1 saturated heterocycles. The van der Waals surface area contributed by atoms with Gasteiger partial charge in [-0.2, -0.15) is 0 Å². The first kappa shape index (κ1) is 15.9. The van der Waals surface area contributed by atoms with Crippen molar-refractivity contribution in [2.75, 3.05) is 31.9 Å². The van der Waals surface area contributed by atoms with Gasteiger partial charge < -0.3 is 10.2 Å². The van der Waals surface area contributed by atoms with Crippen LogP contribution in [-0.4, -0.2) is 42.9 Å². The van der Waals surface area contributed by atoms with Crippen LogP contribution in [0, 0.1) is 5.92 Å². The summed E-state index contributed by atoms with van der Waals surface area (Å²) >= 11 is 1.97. The van der Waals surface area contributed by atoms with Gasteiger partial charge in [-0.15, -0.1) is 11.8 Å². The highest BCUT2D eigenvalue weighted by Crippen LogP contribution is 2.18. The molecule has 1 aliphatic heterocycles. The molecule has 1 aromatic rings. The highest BCUT2D eigenvalue weighted by atomic mass is 32.2. The molecule has 3 heteroatoms. The Labute approximate surface area is 128 Å². The lowest BCUT2D eigenvalue weighted by molar-refractivity contribution is 0.250. The first-order valence-corrected chi connectivity index (χ1v) is 8.91. The van der Waals surface area contributed by atoms with Crippen molar-refractivity contribution in [3.8, 4) is 0 Å². The summed E-state index contributed by atoms with van der Waals surface area (Å²) < 4.78 is 0. The van der Waals surface area contributed by atoms with Gasteiger partial charge in [0.05, 0.1) is 0 Å². The van der Waals surface area contributed by atoms with Gasteiger partial charge in [-0.05, 0) is 37.6 Å². The third-order valence-corrected chi connectivity index (χ3v) is 5.26. The second-order valence-corrected chi connectivity index (χ2v) is 6.93. The van der Waals surface area contributed by atoms with Crippen LogP contribution >= 0.6 is 11.8 Å². The maximum absolute atomic E-state index is 3.72. The summed E-state index contributed by atoms with van der Waals surface area (Å²) in [6, 6.07) is 11.4. The van der Waals surface area contributed by atoms with Gasteiger partial charge >= 0.3 is 0 Å². The normalized spacial score (nSPS) is 22.4. The predicted molar refractivity (Wildman–Crippen MR) is 89.5 cm³/mol. The minimum absolute atomic E-state index is 0.671. The van der Waals surface area contributed by atoms with E-state index in [0.29, 0.717) is 6.04 Å². The summed E-state index contributed by atoms with van der Waals surface area (Å²) in [4.78, 5) is 4.03. The van der Waals surface area contributed by atoms with Gasteiger partial charge in [-0.25, -0.2) is 0 Å². The number of benzene rings is 1. The van der Waals surface area contributed by atoms with E-state index in [9.17, 15) is 0 Å². The van der Waals surface area contributed by atoms with Crippen LogP contribution in [-0.2, 0) is 0 Å². The monoisotopic (exact) mass is 292 g/mol. The molecule has 2 nitrogen and oxygen atoms in total. The van der Waals surface area contributed by atoms with Crippen molar-refractivity contribution in [2.24, 2.45) is 5.92 Å². The molecule has 1 heterocycles. The standard InChI is InChI=1S/C17H28N2S/c1-3-15(2)17-14-19(11-7-10-18-17)12-13-20-16-8-5-4-6-9-16/h4-6,8-9,15,17-18H,3,7,10-14H2,1-2H3. The molecular weight excluding hydrogens is 264 g/mol. The predicted octanol–water partition coefficient (Wildman–Crippen LogP) is 3.49. The van der Waals surface area contributed by atoms with Crippen LogP contribution in [0.15, 0.2) is 35.2 Å². The van der Waals surface area contributed by atoms with Gasteiger partial charge in [0.2, 0.25) is 0 Å². The Morgan fingerprint density at radius 1 is 1.35 bits per heavy atom. The molecule has 0 spiro atoms. The van der Waals surface area contributed by atoms with Crippen molar-refractivity contribution in [3.63, 3.8) is 0 Å². The molecule has 20 heavy (non-hydrogen) atoms.